The molecule has 0 bridgehead atoms. The second-order valence-corrected chi connectivity index (χ2v) is 7.95. The molecule has 2 saturated heterocycles. The average Bonchev–Trinajstić information content (AvgIpc) is 2.91. The fourth-order valence-electron chi connectivity index (χ4n) is 3.64. The van der Waals surface area contributed by atoms with Gasteiger partial charge in [0, 0.05) is 28.4 Å². The summed E-state index contributed by atoms with van der Waals surface area (Å²) >= 11 is 5.49. The zero-order valence-corrected chi connectivity index (χ0v) is 14.6. The Morgan fingerprint density at radius 3 is 3.05 bits per heavy atom. The highest BCUT2D eigenvalue weighted by Gasteiger charge is 2.43. The molecule has 0 amide bonds. The van der Waals surface area contributed by atoms with Crippen molar-refractivity contribution < 1.29 is 9.13 Å². The smallest absolute Gasteiger partial charge is 0.129 e. The molecule has 3 atom stereocenters. The van der Waals surface area contributed by atoms with Crippen LogP contribution in [0.15, 0.2) is 22.7 Å². The van der Waals surface area contributed by atoms with Crippen molar-refractivity contribution in [1.82, 2.24) is 5.32 Å². The molecule has 3 unspecified atom stereocenters. The van der Waals surface area contributed by atoms with Gasteiger partial charge in [-0.3, -0.25) is 0 Å². The lowest BCUT2D eigenvalue weighted by Gasteiger charge is -2.41. The number of hydrogen-bond acceptors (Lipinski definition) is 3. The van der Waals surface area contributed by atoms with E-state index in [1.165, 1.54) is 5.75 Å². The van der Waals surface area contributed by atoms with Crippen LogP contribution in [0.1, 0.15) is 30.9 Å². The van der Waals surface area contributed by atoms with E-state index in [1.807, 2.05) is 24.9 Å². The van der Waals surface area contributed by atoms with E-state index in [0.29, 0.717) is 5.92 Å². The predicted octanol–water partition coefficient (Wildman–Crippen LogP) is 4.15. The molecule has 0 aliphatic carbocycles. The molecule has 2 aliphatic heterocycles. The molecule has 0 saturated carbocycles. The van der Waals surface area contributed by atoms with Crippen molar-refractivity contribution >= 4 is 27.7 Å². The SMILES string of the molecule is CNC(c1c(F)cccc1Br)C1CCOC2(CCSC2)C1. The van der Waals surface area contributed by atoms with E-state index in [2.05, 4.69) is 21.2 Å². The summed E-state index contributed by atoms with van der Waals surface area (Å²) in [6.45, 7) is 0.787. The summed E-state index contributed by atoms with van der Waals surface area (Å²) in [5.74, 6) is 2.54. The lowest BCUT2D eigenvalue weighted by molar-refractivity contribution is -0.0852. The Morgan fingerprint density at radius 2 is 2.38 bits per heavy atom. The molecule has 2 nitrogen and oxygen atoms in total. The molecular weight excluding hydrogens is 353 g/mol. The van der Waals surface area contributed by atoms with E-state index >= 15 is 0 Å². The molecule has 2 aliphatic rings. The second-order valence-electron chi connectivity index (χ2n) is 5.99. The van der Waals surface area contributed by atoms with Crippen molar-refractivity contribution in [2.75, 3.05) is 25.2 Å². The molecule has 21 heavy (non-hydrogen) atoms. The summed E-state index contributed by atoms with van der Waals surface area (Å²) in [5, 5.41) is 3.34. The van der Waals surface area contributed by atoms with Crippen molar-refractivity contribution in [1.29, 1.82) is 0 Å². The molecule has 1 N–H and O–H groups in total. The molecule has 0 radical (unpaired) electrons. The Balaban J connectivity index is 1.86. The molecular formula is C16H21BrFNOS. The van der Waals surface area contributed by atoms with E-state index in [9.17, 15) is 4.39 Å². The van der Waals surface area contributed by atoms with E-state index in [-0.39, 0.29) is 17.5 Å². The van der Waals surface area contributed by atoms with E-state index < -0.39 is 0 Å². The Morgan fingerprint density at radius 1 is 1.52 bits per heavy atom. The van der Waals surface area contributed by atoms with Gasteiger partial charge in [0.25, 0.3) is 0 Å². The lowest BCUT2D eigenvalue weighted by Crippen LogP contribution is -2.43. The molecule has 1 aromatic carbocycles. The van der Waals surface area contributed by atoms with Gasteiger partial charge in [0.1, 0.15) is 5.82 Å². The van der Waals surface area contributed by atoms with Crippen molar-refractivity contribution in [3.8, 4) is 0 Å². The van der Waals surface area contributed by atoms with E-state index in [4.69, 9.17) is 4.74 Å². The van der Waals surface area contributed by atoms with Crippen molar-refractivity contribution in [2.45, 2.75) is 30.9 Å². The highest BCUT2D eigenvalue weighted by atomic mass is 79.9. The third-order valence-electron chi connectivity index (χ3n) is 4.69. The average molecular weight is 374 g/mol. The summed E-state index contributed by atoms with van der Waals surface area (Å²) < 4.78 is 21.2. The Hall–Kier alpha value is -0.100. The monoisotopic (exact) mass is 373 g/mol. The van der Waals surface area contributed by atoms with Crippen LogP contribution in [0.25, 0.3) is 0 Å². The number of halogens is 2. The van der Waals surface area contributed by atoms with Crippen molar-refractivity contribution in [2.24, 2.45) is 5.92 Å². The maximum absolute atomic E-state index is 14.3. The molecule has 1 aromatic rings. The van der Waals surface area contributed by atoms with Crippen LogP contribution >= 0.6 is 27.7 Å². The molecule has 0 aromatic heterocycles. The molecule has 5 heteroatoms. The number of hydrogen-bond donors (Lipinski definition) is 1. The van der Waals surface area contributed by atoms with Gasteiger partial charge >= 0.3 is 0 Å². The van der Waals surface area contributed by atoms with Gasteiger partial charge in [-0.05, 0) is 50.1 Å². The first-order valence-corrected chi connectivity index (χ1v) is 9.43. The number of benzene rings is 1. The first-order valence-electron chi connectivity index (χ1n) is 7.48. The fraction of sp³-hybridized carbons (Fsp3) is 0.625. The maximum atomic E-state index is 14.3. The summed E-state index contributed by atoms with van der Waals surface area (Å²) in [7, 11) is 1.93. The zero-order chi connectivity index (χ0) is 14.9. The van der Waals surface area contributed by atoms with Gasteiger partial charge < -0.3 is 10.1 Å². The molecule has 2 fully saturated rings. The van der Waals surface area contributed by atoms with Crippen LogP contribution in [0.5, 0.6) is 0 Å². The minimum atomic E-state index is -0.134. The van der Waals surface area contributed by atoms with Crippen LogP contribution < -0.4 is 5.32 Å². The molecule has 116 valence electrons. The van der Waals surface area contributed by atoms with Gasteiger partial charge in [-0.1, -0.05) is 22.0 Å². The van der Waals surface area contributed by atoms with Crippen molar-refractivity contribution in [3.05, 3.63) is 34.1 Å². The standard InChI is InChI=1S/C16H21BrFNOS/c1-19-15(14-12(17)3-2-4-13(14)18)11-5-7-20-16(9-11)6-8-21-10-16/h2-4,11,15,19H,5-10H2,1H3. The van der Waals surface area contributed by atoms with E-state index in [1.54, 1.807) is 12.1 Å². The first kappa shape index (κ1) is 15.8. The number of thioether (sulfide) groups is 1. The second kappa shape index (κ2) is 6.57. The summed E-state index contributed by atoms with van der Waals surface area (Å²) in [6, 6.07) is 5.25. The summed E-state index contributed by atoms with van der Waals surface area (Å²) in [6.07, 6.45) is 3.13. The maximum Gasteiger partial charge on any atom is 0.129 e. The molecule has 1 spiro atoms. The quantitative estimate of drug-likeness (QED) is 0.859. The number of nitrogens with one attached hydrogen (secondary N) is 1. The zero-order valence-electron chi connectivity index (χ0n) is 12.2. The minimum absolute atomic E-state index is 0.0282. The Bertz CT molecular complexity index is 487. The predicted molar refractivity (Wildman–Crippen MR) is 89.2 cm³/mol. The molecule has 2 heterocycles. The van der Waals surface area contributed by atoms with Gasteiger partial charge in [0.05, 0.1) is 5.60 Å². The Labute approximate surface area is 138 Å². The van der Waals surface area contributed by atoms with Crippen LogP contribution in [-0.4, -0.2) is 30.8 Å². The largest absolute Gasteiger partial charge is 0.374 e. The van der Waals surface area contributed by atoms with Crippen molar-refractivity contribution in [3.63, 3.8) is 0 Å². The van der Waals surface area contributed by atoms with Gasteiger partial charge in [0.15, 0.2) is 0 Å². The number of ether oxygens (including phenoxy) is 1. The van der Waals surface area contributed by atoms with Crippen LogP contribution in [0.4, 0.5) is 4.39 Å². The lowest BCUT2D eigenvalue weighted by atomic mass is 9.79. The summed E-state index contributed by atoms with van der Waals surface area (Å²) in [4.78, 5) is 0. The van der Waals surface area contributed by atoms with Gasteiger partial charge in [-0.25, -0.2) is 4.39 Å². The highest BCUT2D eigenvalue weighted by Crippen LogP contribution is 2.45. The van der Waals surface area contributed by atoms with Gasteiger partial charge in [-0.15, -0.1) is 0 Å². The minimum Gasteiger partial charge on any atom is -0.374 e. The number of rotatable bonds is 3. The molecule has 3 rings (SSSR count). The third-order valence-corrected chi connectivity index (χ3v) is 6.61. The van der Waals surface area contributed by atoms with E-state index in [0.717, 1.165) is 41.7 Å². The van der Waals surface area contributed by atoms with Gasteiger partial charge in [0.2, 0.25) is 0 Å². The topological polar surface area (TPSA) is 21.3 Å². The van der Waals surface area contributed by atoms with Crippen LogP contribution in [0, 0.1) is 11.7 Å². The highest BCUT2D eigenvalue weighted by molar-refractivity contribution is 9.10. The summed E-state index contributed by atoms with van der Waals surface area (Å²) in [5.41, 5.74) is 0.785. The van der Waals surface area contributed by atoms with Gasteiger partial charge in [-0.2, -0.15) is 11.8 Å². The first-order chi connectivity index (χ1) is 10.2. The Kier molecular flexibility index (Phi) is 4.94. The normalized spacial score (nSPS) is 30.7. The van der Waals surface area contributed by atoms with Crippen LogP contribution in [0.3, 0.4) is 0 Å². The van der Waals surface area contributed by atoms with Crippen LogP contribution in [-0.2, 0) is 4.74 Å². The third kappa shape index (κ3) is 3.16. The fourth-order valence-corrected chi connectivity index (χ4v) is 5.60. The van der Waals surface area contributed by atoms with Crippen LogP contribution in [0.2, 0.25) is 0 Å².